The minimum atomic E-state index is -4.12. The smallest absolute Gasteiger partial charge is 0.389 e. The van der Waals surface area contributed by atoms with Gasteiger partial charge in [0.25, 0.3) is 0 Å². The van der Waals surface area contributed by atoms with Gasteiger partial charge in [-0.05, 0) is 37.1 Å². The van der Waals surface area contributed by atoms with Gasteiger partial charge in [0.05, 0.1) is 12.1 Å². The maximum absolute atomic E-state index is 12.4. The van der Waals surface area contributed by atoms with E-state index < -0.39 is 12.6 Å². The van der Waals surface area contributed by atoms with E-state index in [1.54, 1.807) is 24.3 Å². The Labute approximate surface area is 136 Å². The lowest BCUT2D eigenvalue weighted by atomic mass is 10.1. The molecule has 0 saturated heterocycles. The van der Waals surface area contributed by atoms with Crippen molar-refractivity contribution in [3.63, 3.8) is 0 Å². The first-order valence-electron chi connectivity index (χ1n) is 7.68. The van der Waals surface area contributed by atoms with Crippen molar-refractivity contribution in [2.75, 3.05) is 6.61 Å². The lowest BCUT2D eigenvalue weighted by molar-refractivity contribution is -0.135. The number of fused-ring (bicyclic) bond motifs is 2. The van der Waals surface area contributed by atoms with Crippen LogP contribution >= 0.6 is 0 Å². The maximum Gasteiger partial charge on any atom is 0.389 e. The molecule has 2 aromatic carbocycles. The lowest BCUT2D eigenvalue weighted by Crippen LogP contribution is -2.08. The van der Waals surface area contributed by atoms with E-state index in [9.17, 15) is 18.0 Å². The number of alkyl halides is 3. The first-order valence-corrected chi connectivity index (χ1v) is 7.68. The Balaban J connectivity index is 1.74. The number of para-hydroxylation sites is 1. The first-order chi connectivity index (χ1) is 11.4. The van der Waals surface area contributed by atoms with E-state index in [0.29, 0.717) is 28.5 Å². The largest absolute Gasteiger partial charge is 0.494 e. The molecule has 0 saturated carbocycles. The first kappa shape index (κ1) is 16.4. The van der Waals surface area contributed by atoms with Gasteiger partial charge in [0.2, 0.25) is 0 Å². The Hall–Kier alpha value is -2.50. The Kier molecular flexibility index (Phi) is 4.46. The summed E-state index contributed by atoms with van der Waals surface area (Å²) in [5, 5.41) is 1.17. The molecule has 3 rings (SSSR count). The van der Waals surface area contributed by atoms with Gasteiger partial charge in [0, 0.05) is 28.8 Å². The van der Waals surface area contributed by atoms with E-state index in [1.165, 1.54) is 0 Å². The fraction of sp³-hybridized carbons (Fsp3) is 0.278. The van der Waals surface area contributed by atoms with Crippen molar-refractivity contribution in [1.82, 2.24) is 4.98 Å². The highest BCUT2D eigenvalue weighted by atomic mass is 19.4. The molecule has 0 spiro atoms. The maximum atomic E-state index is 12.4. The van der Waals surface area contributed by atoms with Gasteiger partial charge in [-0.3, -0.25) is 4.79 Å². The van der Waals surface area contributed by atoms with Crippen molar-refractivity contribution in [3.05, 3.63) is 52.7 Å². The molecule has 0 radical (unpaired) electrons. The van der Waals surface area contributed by atoms with Crippen LogP contribution in [0, 0.1) is 0 Å². The lowest BCUT2D eigenvalue weighted by Gasteiger charge is -2.09. The Morgan fingerprint density at radius 3 is 2.50 bits per heavy atom. The van der Waals surface area contributed by atoms with Crippen molar-refractivity contribution in [3.8, 4) is 5.75 Å². The predicted octanol–water partition coefficient (Wildman–Crippen LogP) is 4.79. The molecule has 1 heterocycles. The number of benzene rings is 2. The molecule has 6 heteroatoms. The number of nitrogens with one attached hydrogen (secondary N) is 1. The molecule has 0 bridgehead atoms. The standard InChI is InChI=1S/C18H16F3NO2/c19-18(20,21)9-3-4-10-24-12-7-8-14-16(11-12)22-15-6-2-1-5-13(15)17(14)23/h1-2,5-8,11H,3-4,9-10H2,(H,22,23). The number of ether oxygens (including phenoxy) is 1. The fourth-order valence-corrected chi connectivity index (χ4v) is 2.61. The van der Waals surface area contributed by atoms with E-state index in [-0.39, 0.29) is 18.5 Å². The summed E-state index contributed by atoms with van der Waals surface area (Å²) in [7, 11) is 0. The minimum absolute atomic E-state index is 0.0402. The summed E-state index contributed by atoms with van der Waals surface area (Å²) in [4.78, 5) is 15.6. The van der Waals surface area contributed by atoms with Crippen LogP contribution in [0.2, 0.25) is 0 Å². The van der Waals surface area contributed by atoms with E-state index in [2.05, 4.69) is 4.98 Å². The van der Waals surface area contributed by atoms with Crippen molar-refractivity contribution < 1.29 is 17.9 Å². The molecule has 0 aliphatic carbocycles. The number of hydrogen-bond donors (Lipinski definition) is 1. The highest BCUT2D eigenvalue weighted by Crippen LogP contribution is 2.23. The molecule has 24 heavy (non-hydrogen) atoms. The number of aromatic amines is 1. The van der Waals surface area contributed by atoms with Gasteiger partial charge < -0.3 is 9.72 Å². The van der Waals surface area contributed by atoms with Crippen molar-refractivity contribution in [2.45, 2.75) is 25.4 Å². The van der Waals surface area contributed by atoms with Gasteiger partial charge in [0.15, 0.2) is 5.43 Å². The molecule has 0 atom stereocenters. The number of aromatic nitrogens is 1. The van der Waals surface area contributed by atoms with Gasteiger partial charge >= 0.3 is 6.18 Å². The third-order valence-corrected chi connectivity index (χ3v) is 3.80. The number of unbranched alkanes of at least 4 members (excludes halogenated alkanes) is 1. The predicted molar refractivity (Wildman–Crippen MR) is 87.5 cm³/mol. The van der Waals surface area contributed by atoms with E-state index in [0.717, 1.165) is 5.52 Å². The van der Waals surface area contributed by atoms with Crippen LogP contribution in [0.1, 0.15) is 19.3 Å². The Bertz CT molecular complexity index is 915. The molecule has 0 aliphatic rings. The van der Waals surface area contributed by atoms with Gasteiger partial charge in [-0.2, -0.15) is 13.2 Å². The normalized spacial score (nSPS) is 12.0. The number of rotatable bonds is 5. The van der Waals surface area contributed by atoms with Crippen LogP contribution in [0.5, 0.6) is 5.75 Å². The minimum Gasteiger partial charge on any atom is -0.494 e. The monoisotopic (exact) mass is 335 g/mol. The number of pyridine rings is 1. The fourth-order valence-electron chi connectivity index (χ4n) is 2.61. The topological polar surface area (TPSA) is 42.1 Å². The summed E-state index contributed by atoms with van der Waals surface area (Å²) < 4.78 is 41.7. The van der Waals surface area contributed by atoms with Crippen LogP contribution < -0.4 is 10.2 Å². The number of halogens is 3. The molecular formula is C18H16F3NO2. The van der Waals surface area contributed by atoms with Crippen molar-refractivity contribution in [1.29, 1.82) is 0 Å². The average molecular weight is 335 g/mol. The molecule has 0 unspecified atom stereocenters. The quantitative estimate of drug-likeness (QED) is 0.538. The second-order valence-electron chi connectivity index (χ2n) is 5.63. The Morgan fingerprint density at radius 1 is 0.958 bits per heavy atom. The average Bonchev–Trinajstić information content (AvgIpc) is 2.53. The molecule has 1 aromatic heterocycles. The summed E-state index contributed by atoms with van der Waals surface area (Å²) >= 11 is 0. The zero-order valence-electron chi connectivity index (χ0n) is 12.8. The van der Waals surface area contributed by atoms with E-state index in [1.807, 2.05) is 18.2 Å². The molecule has 0 aliphatic heterocycles. The highest BCUT2D eigenvalue weighted by molar-refractivity contribution is 5.92. The number of H-pyrrole nitrogens is 1. The molecular weight excluding hydrogens is 319 g/mol. The van der Waals surface area contributed by atoms with Crippen molar-refractivity contribution >= 4 is 21.8 Å². The van der Waals surface area contributed by atoms with E-state index in [4.69, 9.17) is 4.74 Å². The van der Waals surface area contributed by atoms with Crippen LogP contribution in [0.4, 0.5) is 13.2 Å². The van der Waals surface area contributed by atoms with Gasteiger partial charge in [-0.1, -0.05) is 12.1 Å². The van der Waals surface area contributed by atoms with Gasteiger partial charge in [0.1, 0.15) is 5.75 Å². The van der Waals surface area contributed by atoms with Crippen LogP contribution in [0.3, 0.4) is 0 Å². The molecule has 3 aromatic rings. The molecule has 126 valence electrons. The zero-order valence-corrected chi connectivity index (χ0v) is 12.8. The van der Waals surface area contributed by atoms with E-state index >= 15 is 0 Å². The zero-order chi connectivity index (χ0) is 17.2. The summed E-state index contributed by atoms with van der Waals surface area (Å²) in [5.74, 6) is 0.528. The van der Waals surface area contributed by atoms with Crippen LogP contribution in [0.25, 0.3) is 21.8 Å². The van der Waals surface area contributed by atoms with Gasteiger partial charge in [-0.25, -0.2) is 0 Å². The second-order valence-corrected chi connectivity index (χ2v) is 5.63. The van der Waals surface area contributed by atoms with Gasteiger partial charge in [-0.15, -0.1) is 0 Å². The van der Waals surface area contributed by atoms with Crippen LogP contribution in [-0.2, 0) is 0 Å². The molecule has 0 amide bonds. The molecule has 1 N–H and O–H groups in total. The van der Waals surface area contributed by atoms with Crippen LogP contribution in [-0.4, -0.2) is 17.8 Å². The highest BCUT2D eigenvalue weighted by Gasteiger charge is 2.25. The summed E-state index contributed by atoms with van der Waals surface area (Å²) in [5.41, 5.74) is 1.32. The summed E-state index contributed by atoms with van der Waals surface area (Å²) in [6.07, 6.45) is -4.55. The molecule has 3 nitrogen and oxygen atoms in total. The van der Waals surface area contributed by atoms with Crippen molar-refractivity contribution in [2.24, 2.45) is 0 Å². The van der Waals surface area contributed by atoms with Crippen LogP contribution in [0.15, 0.2) is 47.3 Å². The molecule has 0 fully saturated rings. The Morgan fingerprint density at radius 2 is 1.71 bits per heavy atom. The third kappa shape index (κ3) is 3.69. The SMILES string of the molecule is O=c1c2ccccc2[nH]c2cc(OCCCCC(F)(F)F)ccc12. The second kappa shape index (κ2) is 6.55. The number of hydrogen-bond acceptors (Lipinski definition) is 2. The summed E-state index contributed by atoms with van der Waals surface area (Å²) in [6.45, 7) is 0.208. The summed E-state index contributed by atoms with van der Waals surface area (Å²) in [6, 6.07) is 12.3. The third-order valence-electron chi connectivity index (χ3n) is 3.80.